The molecule has 6 nitrogen and oxygen atoms in total. The van der Waals surface area contributed by atoms with Gasteiger partial charge in [0.1, 0.15) is 22.6 Å². The third kappa shape index (κ3) is 5.03. The molecule has 3 aromatic rings. The van der Waals surface area contributed by atoms with Gasteiger partial charge in [-0.3, -0.25) is 9.59 Å². The Labute approximate surface area is 201 Å². The fourth-order valence-corrected chi connectivity index (χ4v) is 4.58. The highest BCUT2D eigenvalue weighted by Crippen LogP contribution is 2.36. The van der Waals surface area contributed by atoms with Crippen LogP contribution in [0, 0.1) is 11.3 Å². The molecule has 0 radical (unpaired) electrons. The molecule has 0 bridgehead atoms. The van der Waals surface area contributed by atoms with Crippen LogP contribution in [-0.2, 0) is 9.59 Å². The lowest BCUT2D eigenvalue weighted by molar-refractivity contribution is -0.121. The van der Waals surface area contributed by atoms with Crippen LogP contribution < -0.4 is 9.64 Å². The van der Waals surface area contributed by atoms with Crippen LogP contribution in [0.15, 0.2) is 65.7 Å². The van der Waals surface area contributed by atoms with E-state index in [9.17, 15) is 14.9 Å². The molecular weight excluding hydrogens is 458 g/mol. The molecule has 1 aliphatic rings. The highest BCUT2D eigenvalue weighted by molar-refractivity contribution is 8.00. The number of pyridine rings is 1. The number of amides is 2. The number of hydrogen-bond donors (Lipinski definition) is 0. The number of nitriles is 1. The number of hydrogen-bond acceptors (Lipinski definition) is 6. The molecule has 2 heterocycles. The average Bonchev–Trinajstić information content (AvgIpc) is 3.08. The lowest BCUT2D eigenvalue weighted by atomic mass is 10.1. The standard InChI is InChI=1S/C25H20ClN3O3S/c1-15(2)21-12-3-16(14-27)24(28-21)33-22-13-23(30)29(25(22)31)18-6-10-20(11-7-18)32-19-8-4-17(26)5-9-19/h3-12,15,22H,13H2,1-2H3. The SMILES string of the molecule is CC(C)c1ccc(C#N)c(SC2CC(=O)N(c3ccc(Oc4ccc(Cl)cc4)cc3)C2=O)n1. The van der Waals surface area contributed by atoms with E-state index in [4.69, 9.17) is 16.3 Å². The number of halogens is 1. The number of ether oxygens (including phenoxy) is 1. The summed E-state index contributed by atoms with van der Waals surface area (Å²) in [5.41, 5.74) is 1.70. The number of benzene rings is 2. The number of nitrogens with zero attached hydrogens (tertiary/aromatic N) is 3. The van der Waals surface area contributed by atoms with E-state index < -0.39 is 5.25 Å². The second kappa shape index (κ2) is 9.65. The summed E-state index contributed by atoms with van der Waals surface area (Å²) in [6.07, 6.45) is 0.0466. The summed E-state index contributed by atoms with van der Waals surface area (Å²) in [5, 5.41) is 9.89. The van der Waals surface area contributed by atoms with E-state index in [0.717, 1.165) is 5.69 Å². The van der Waals surface area contributed by atoms with Crippen molar-refractivity contribution < 1.29 is 14.3 Å². The molecule has 0 aliphatic carbocycles. The van der Waals surface area contributed by atoms with Gasteiger partial charge in [0.2, 0.25) is 11.8 Å². The molecule has 1 fully saturated rings. The van der Waals surface area contributed by atoms with Crippen LogP contribution >= 0.6 is 23.4 Å². The lowest BCUT2D eigenvalue weighted by Gasteiger charge is -2.16. The Bertz CT molecular complexity index is 1240. The maximum Gasteiger partial charge on any atom is 0.247 e. The normalized spacial score (nSPS) is 15.7. The zero-order valence-corrected chi connectivity index (χ0v) is 19.6. The molecule has 166 valence electrons. The second-order valence-corrected chi connectivity index (χ2v) is 9.41. The zero-order chi connectivity index (χ0) is 23.5. The summed E-state index contributed by atoms with van der Waals surface area (Å²) in [7, 11) is 0. The Morgan fingerprint density at radius 3 is 2.30 bits per heavy atom. The Morgan fingerprint density at radius 1 is 1.06 bits per heavy atom. The van der Waals surface area contributed by atoms with Crippen molar-refractivity contribution in [3.63, 3.8) is 0 Å². The van der Waals surface area contributed by atoms with E-state index >= 15 is 0 Å². The summed E-state index contributed by atoms with van der Waals surface area (Å²) < 4.78 is 5.77. The number of carbonyl (C=O) groups is 2. The molecule has 0 saturated carbocycles. The lowest BCUT2D eigenvalue weighted by Crippen LogP contribution is -2.31. The van der Waals surface area contributed by atoms with E-state index in [2.05, 4.69) is 11.1 Å². The summed E-state index contributed by atoms with van der Waals surface area (Å²) in [6, 6.07) is 19.4. The minimum absolute atomic E-state index is 0.0466. The molecule has 2 amide bonds. The van der Waals surface area contributed by atoms with Crippen molar-refractivity contribution >= 4 is 40.9 Å². The minimum Gasteiger partial charge on any atom is -0.457 e. The smallest absolute Gasteiger partial charge is 0.247 e. The topological polar surface area (TPSA) is 83.3 Å². The van der Waals surface area contributed by atoms with Crippen molar-refractivity contribution in [1.82, 2.24) is 4.98 Å². The highest BCUT2D eigenvalue weighted by Gasteiger charge is 2.40. The van der Waals surface area contributed by atoms with Crippen LogP contribution in [0.3, 0.4) is 0 Å². The van der Waals surface area contributed by atoms with Crippen molar-refractivity contribution in [2.45, 2.75) is 36.5 Å². The molecule has 0 N–H and O–H groups in total. The van der Waals surface area contributed by atoms with Gasteiger partial charge in [-0.05, 0) is 66.6 Å². The van der Waals surface area contributed by atoms with Gasteiger partial charge >= 0.3 is 0 Å². The molecule has 0 spiro atoms. The van der Waals surface area contributed by atoms with Gasteiger partial charge in [-0.15, -0.1) is 0 Å². The summed E-state index contributed by atoms with van der Waals surface area (Å²) in [4.78, 5) is 31.5. The average molecular weight is 478 g/mol. The van der Waals surface area contributed by atoms with Gasteiger partial charge in [0.25, 0.3) is 0 Å². The molecule has 8 heteroatoms. The fourth-order valence-electron chi connectivity index (χ4n) is 3.36. The number of anilines is 1. The van der Waals surface area contributed by atoms with Gasteiger partial charge in [0, 0.05) is 17.1 Å². The molecule has 1 atom stereocenters. The van der Waals surface area contributed by atoms with Crippen molar-refractivity contribution in [3.8, 4) is 17.6 Å². The third-order valence-corrected chi connectivity index (χ3v) is 6.54. The summed E-state index contributed by atoms with van der Waals surface area (Å²) >= 11 is 7.06. The number of carbonyl (C=O) groups excluding carboxylic acids is 2. The second-order valence-electron chi connectivity index (χ2n) is 7.78. The number of thioether (sulfide) groups is 1. The maximum atomic E-state index is 13.1. The van der Waals surface area contributed by atoms with Crippen LogP contribution in [-0.4, -0.2) is 22.0 Å². The first-order valence-corrected chi connectivity index (χ1v) is 11.6. The maximum absolute atomic E-state index is 13.1. The van der Waals surface area contributed by atoms with Crippen LogP contribution in [0.5, 0.6) is 11.5 Å². The molecule has 1 unspecified atom stereocenters. The minimum atomic E-state index is -0.635. The van der Waals surface area contributed by atoms with Crippen LogP contribution in [0.4, 0.5) is 5.69 Å². The fraction of sp³-hybridized carbons (Fsp3) is 0.200. The Kier molecular flexibility index (Phi) is 6.68. The van der Waals surface area contributed by atoms with Gasteiger partial charge in [-0.25, -0.2) is 9.88 Å². The third-order valence-electron chi connectivity index (χ3n) is 5.10. The van der Waals surface area contributed by atoms with Gasteiger partial charge < -0.3 is 4.74 Å². The van der Waals surface area contributed by atoms with E-state index in [-0.39, 0.29) is 24.2 Å². The van der Waals surface area contributed by atoms with E-state index in [0.29, 0.717) is 32.8 Å². The number of aromatic nitrogens is 1. The van der Waals surface area contributed by atoms with Gasteiger partial charge in [-0.1, -0.05) is 37.2 Å². The number of imide groups is 1. The first-order chi connectivity index (χ1) is 15.9. The predicted molar refractivity (Wildman–Crippen MR) is 128 cm³/mol. The van der Waals surface area contributed by atoms with Crippen molar-refractivity contribution in [3.05, 3.63) is 76.9 Å². The molecule has 1 saturated heterocycles. The first-order valence-electron chi connectivity index (χ1n) is 10.3. The Hall–Kier alpha value is -3.34. The predicted octanol–water partition coefficient (Wildman–Crippen LogP) is 5.95. The summed E-state index contributed by atoms with van der Waals surface area (Å²) in [6.45, 7) is 4.02. The highest BCUT2D eigenvalue weighted by atomic mass is 35.5. The van der Waals surface area contributed by atoms with Crippen molar-refractivity contribution in [1.29, 1.82) is 5.26 Å². The zero-order valence-electron chi connectivity index (χ0n) is 18.0. The largest absolute Gasteiger partial charge is 0.457 e. The van der Waals surface area contributed by atoms with Crippen LogP contribution in [0.2, 0.25) is 5.02 Å². The van der Waals surface area contributed by atoms with Crippen LogP contribution in [0.1, 0.15) is 37.4 Å². The Balaban J connectivity index is 1.50. The molecule has 2 aromatic carbocycles. The molecule has 33 heavy (non-hydrogen) atoms. The van der Waals surface area contributed by atoms with E-state index in [1.165, 1.54) is 16.7 Å². The Morgan fingerprint density at radius 2 is 1.70 bits per heavy atom. The quantitative estimate of drug-likeness (QED) is 0.408. The monoisotopic (exact) mass is 477 g/mol. The van der Waals surface area contributed by atoms with Gasteiger partial charge in [0.05, 0.1) is 16.5 Å². The molecular formula is C25H20ClN3O3S. The van der Waals surface area contributed by atoms with E-state index in [1.54, 1.807) is 54.6 Å². The van der Waals surface area contributed by atoms with Crippen molar-refractivity contribution in [2.75, 3.05) is 4.90 Å². The van der Waals surface area contributed by atoms with E-state index in [1.807, 2.05) is 19.9 Å². The van der Waals surface area contributed by atoms with Crippen LogP contribution in [0.25, 0.3) is 0 Å². The molecule has 1 aliphatic heterocycles. The summed E-state index contributed by atoms with van der Waals surface area (Å²) in [5.74, 6) is 0.767. The molecule has 4 rings (SSSR count). The molecule has 1 aromatic heterocycles. The van der Waals surface area contributed by atoms with Gasteiger partial charge in [-0.2, -0.15) is 5.26 Å². The first kappa shape index (κ1) is 22.8. The van der Waals surface area contributed by atoms with Gasteiger partial charge in [0.15, 0.2) is 0 Å². The number of rotatable bonds is 6. The van der Waals surface area contributed by atoms with Crippen molar-refractivity contribution in [2.24, 2.45) is 0 Å².